The van der Waals surface area contributed by atoms with Crippen LogP contribution in [0.15, 0.2) is 81.2 Å². The molecule has 0 amide bonds. The summed E-state index contributed by atoms with van der Waals surface area (Å²) in [6.45, 7) is 24.1. The van der Waals surface area contributed by atoms with Crippen molar-refractivity contribution in [3.8, 4) is 11.1 Å². The van der Waals surface area contributed by atoms with Crippen molar-refractivity contribution >= 4 is 3.21 Å². The van der Waals surface area contributed by atoms with Gasteiger partial charge in [0.25, 0.3) is 0 Å². The van der Waals surface area contributed by atoms with Gasteiger partial charge in [0.05, 0.1) is 0 Å². The Labute approximate surface area is 330 Å². The van der Waals surface area contributed by atoms with Crippen LogP contribution in [-0.4, -0.2) is 3.21 Å². The third-order valence-corrected chi connectivity index (χ3v) is 22.9. The molecule has 1 atom stereocenters. The predicted octanol–water partition coefficient (Wildman–Crippen LogP) is 6.98. The Morgan fingerprint density at radius 2 is 1.18 bits per heavy atom. The van der Waals surface area contributed by atoms with E-state index in [4.69, 9.17) is 0 Å². The summed E-state index contributed by atoms with van der Waals surface area (Å²) in [7, 11) is 0. The van der Waals surface area contributed by atoms with E-state index in [0.29, 0.717) is 15.0 Å². The Kier molecular flexibility index (Phi) is 10.7. The molecule has 0 nitrogen and oxygen atoms in total. The summed E-state index contributed by atoms with van der Waals surface area (Å²) in [5, 5.41) is 0. The van der Waals surface area contributed by atoms with E-state index in [2.05, 4.69) is 136 Å². The molecule has 9 rings (SSSR count). The van der Waals surface area contributed by atoms with Crippen LogP contribution < -0.4 is 24.8 Å². The monoisotopic (exact) mass is 796 g/mol. The Morgan fingerprint density at radius 3 is 1.63 bits per heavy atom. The second-order valence-corrected chi connectivity index (χ2v) is 26.2. The van der Waals surface area contributed by atoms with Crippen LogP contribution in [0.3, 0.4) is 0 Å². The number of aryl methyl sites for hydroxylation is 1. The maximum Gasteiger partial charge on any atom is -1.00 e. The van der Waals surface area contributed by atoms with E-state index in [1.807, 2.05) is 3.28 Å². The molecule has 3 aromatic rings. The van der Waals surface area contributed by atoms with Gasteiger partial charge in [-0.05, 0) is 0 Å². The number of allylic oxidation sites excluding steroid dienone is 4. The summed E-state index contributed by atoms with van der Waals surface area (Å²) in [6.07, 6.45) is 13.2. The molecule has 0 radical (unpaired) electrons. The fourth-order valence-corrected chi connectivity index (χ4v) is 21.2. The van der Waals surface area contributed by atoms with Crippen LogP contribution in [0, 0.1) is 36.0 Å². The van der Waals surface area contributed by atoms with E-state index in [1.54, 1.807) is 25.5 Å². The summed E-state index contributed by atoms with van der Waals surface area (Å²) in [4.78, 5) is 0. The second kappa shape index (κ2) is 14.0. The van der Waals surface area contributed by atoms with Crippen molar-refractivity contribution in [1.29, 1.82) is 0 Å². The first-order valence-electron chi connectivity index (χ1n) is 19.6. The normalized spacial score (nSPS) is 26.7. The van der Waals surface area contributed by atoms with Gasteiger partial charge in [0.2, 0.25) is 0 Å². The fraction of sp³-hybridized carbons (Fsp3) is 0.521. The molecule has 6 aliphatic carbocycles. The molecule has 4 fully saturated rings. The van der Waals surface area contributed by atoms with Crippen LogP contribution in [0.25, 0.3) is 11.1 Å². The zero-order valence-corrected chi connectivity index (χ0v) is 36.9. The van der Waals surface area contributed by atoms with Gasteiger partial charge in [-0.25, -0.2) is 0 Å². The number of rotatable bonds is 5. The molecule has 0 aromatic heterocycles. The van der Waals surface area contributed by atoms with Crippen LogP contribution in [0.4, 0.5) is 0 Å². The first kappa shape index (κ1) is 39.2. The number of halogens is 2. The molecule has 3 aromatic carbocycles. The number of fused-ring (bicyclic) bond motifs is 3. The molecular weight excluding hydrogens is 739 g/mol. The molecule has 4 saturated carbocycles. The van der Waals surface area contributed by atoms with Gasteiger partial charge in [0.15, 0.2) is 0 Å². The van der Waals surface area contributed by atoms with Gasteiger partial charge >= 0.3 is 308 Å². The van der Waals surface area contributed by atoms with Crippen LogP contribution in [-0.2, 0) is 32.1 Å². The Bertz CT molecular complexity index is 1820. The molecule has 1 unspecified atom stereocenters. The minimum Gasteiger partial charge on any atom is -1.00 e. The number of hydrogen-bond donors (Lipinski definition) is 0. The Balaban J connectivity index is 0.00000224. The molecule has 0 spiro atoms. The van der Waals surface area contributed by atoms with Crippen molar-refractivity contribution in [3.05, 3.63) is 115 Å². The third-order valence-electron chi connectivity index (χ3n) is 13.7. The zero-order chi connectivity index (χ0) is 34.6. The third kappa shape index (κ3) is 6.98. The molecule has 3 heteroatoms. The average Bonchev–Trinajstić information content (AvgIpc) is 3.48. The second-order valence-electron chi connectivity index (χ2n) is 19.6. The molecule has 0 saturated heterocycles. The van der Waals surface area contributed by atoms with Gasteiger partial charge in [-0.1, -0.05) is 0 Å². The SMILES string of the molecule is CC1=[C](/[Zr+2](=[C](\C)c2ccc(C)cc2)[CH]2c3ccc(C(C)(C)C)cc3-c3cc(C(C)(C)C)ccc32)C(C)C=C1CC12CC3CC(CC(C3)C1)C2.[Cl-].[Cl-]. The minimum atomic E-state index is -2.63. The van der Waals surface area contributed by atoms with E-state index < -0.39 is 21.3 Å². The molecular formula is C48H60Cl2Zr. The van der Waals surface area contributed by atoms with Crippen molar-refractivity contribution < 1.29 is 46.1 Å². The van der Waals surface area contributed by atoms with Gasteiger partial charge in [0, 0.05) is 0 Å². The van der Waals surface area contributed by atoms with E-state index >= 15 is 0 Å². The van der Waals surface area contributed by atoms with E-state index in [1.165, 1.54) is 78.3 Å². The van der Waals surface area contributed by atoms with E-state index in [0.717, 1.165) is 17.8 Å². The summed E-state index contributed by atoms with van der Waals surface area (Å²) in [5.74, 6) is 3.58. The van der Waals surface area contributed by atoms with Crippen molar-refractivity contribution in [3.63, 3.8) is 0 Å². The largest absolute Gasteiger partial charge is 1.00 e. The van der Waals surface area contributed by atoms with Crippen LogP contribution in [0.1, 0.15) is 144 Å². The minimum absolute atomic E-state index is 0. The molecule has 51 heavy (non-hydrogen) atoms. The van der Waals surface area contributed by atoms with Crippen molar-refractivity contribution in [1.82, 2.24) is 0 Å². The van der Waals surface area contributed by atoms with Crippen LogP contribution >= 0.6 is 0 Å². The fourth-order valence-electron chi connectivity index (χ4n) is 11.6. The topological polar surface area (TPSA) is 0 Å². The molecule has 270 valence electrons. The summed E-state index contributed by atoms with van der Waals surface area (Å²) >= 11 is -2.63. The Morgan fingerprint density at radius 1 is 0.706 bits per heavy atom. The molecule has 0 heterocycles. The quantitative estimate of drug-likeness (QED) is 0.262. The molecule has 6 aliphatic rings. The summed E-state index contributed by atoms with van der Waals surface area (Å²) in [5.41, 5.74) is 16.2. The van der Waals surface area contributed by atoms with Gasteiger partial charge < -0.3 is 24.8 Å². The van der Waals surface area contributed by atoms with E-state index in [-0.39, 0.29) is 35.6 Å². The Hall–Kier alpha value is -1.53. The predicted molar refractivity (Wildman–Crippen MR) is 207 cm³/mol. The number of hydrogen-bond acceptors (Lipinski definition) is 0. The van der Waals surface area contributed by atoms with Crippen LogP contribution in [0.2, 0.25) is 0 Å². The number of benzene rings is 3. The first-order valence-corrected chi connectivity index (χ1v) is 23.5. The summed E-state index contributed by atoms with van der Waals surface area (Å²) in [6, 6.07) is 24.8. The maximum absolute atomic E-state index is 2.77. The van der Waals surface area contributed by atoms with Gasteiger partial charge in [-0.15, -0.1) is 0 Å². The smallest absolute Gasteiger partial charge is 1.00 e. The molecule has 0 N–H and O–H groups in total. The zero-order valence-electron chi connectivity index (χ0n) is 32.9. The maximum atomic E-state index is 2.77. The average molecular weight is 799 g/mol. The van der Waals surface area contributed by atoms with Crippen LogP contribution in [0.5, 0.6) is 0 Å². The van der Waals surface area contributed by atoms with Gasteiger partial charge in [0.1, 0.15) is 0 Å². The van der Waals surface area contributed by atoms with Crippen molar-refractivity contribution in [2.75, 3.05) is 0 Å². The standard InChI is InChI=1S/C21H25.C18H25.C9H10.2ClH.Zr/c1-20(2,3)16-9-7-14-11-15-8-10-17(21(4,5)6)13-19(15)18(14)12-16;1-12-3-13(2)17(4-12)11-18-8-14-5-15(9-18)7-16(6-14)10-18;1-3-9-6-4-8(2)5-7-9;;;/h7-13H,1-6H3;4,12,14-16H,5-11H2,1-2H3;4-7H,1-2H3;2*1H;/q;;;;;+2/p-2. The van der Waals surface area contributed by atoms with Gasteiger partial charge in [-0.2, -0.15) is 0 Å². The summed E-state index contributed by atoms with van der Waals surface area (Å²) < 4.78 is 4.09. The van der Waals surface area contributed by atoms with E-state index in [9.17, 15) is 0 Å². The molecule has 4 bridgehead atoms. The molecule has 0 aliphatic heterocycles. The van der Waals surface area contributed by atoms with Crippen molar-refractivity contribution in [2.45, 2.75) is 129 Å². The van der Waals surface area contributed by atoms with Crippen molar-refractivity contribution in [2.24, 2.45) is 29.1 Å². The van der Waals surface area contributed by atoms with Gasteiger partial charge in [-0.3, -0.25) is 0 Å². The first-order chi connectivity index (χ1) is 23.1.